The molecule has 0 aliphatic carbocycles. The minimum absolute atomic E-state index is 0.0238. The van der Waals surface area contributed by atoms with E-state index in [0.29, 0.717) is 36.3 Å². The number of methoxy groups -OCH3 is 1. The molecule has 0 atom stereocenters. The lowest BCUT2D eigenvalue weighted by atomic mass is 10.0. The van der Waals surface area contributed by atoms with E-state index >= 15 is 0 Å². The van der Waals surface area contributed by atoms with Crippen molar-refractivity contribution in [1.82, 2.24) is 14.4 Å². The van der Waals surface area contributed by atoms with Gasteiger partial charge in [0, 0.05) is 38.3 Å². The Hall–Kier alpha value is -3.42. The number of carbonyl (C=O) groups excluding carboxylic acids is 4. The molecule has 1 aromatic heterocycles. The molecule has 8 nitrogen and oxygen atoms in total. The molecule has 0 bridgehead atoms. The van der Waals surface area contributed by atoms with Crippen LogP contribution >= 0.6 is 0 Å². The first-order chi connectivity index (χ1) is 15.0. The van der Waals surface area contributed by atoms with E-state index in [0.717, 1.165) is 12.8 Å². The predicted molar refractivity (Wildman–Crippen MR) is 112 cm³/mol. The molecule has 2 aromatic rings. The summed E-state index contributed by atoms with van der Waals surface area (Å²) in [6, 6.07) is 10.5. The van der Waals surface area contributed by atoms with Crippen LogP contribution in [0.1, 0.15) is 62.9 Å². The standard InChI is InChI=1S/C23H25N3O5/c1-31-23(30)19-8-4-12-25(19)16-10-14-24(15-11-16)20(27)9-5-13-26-21(28)17-6-2-3-7-18(17)22(26)29/h2-4,6-8,12,16H,5,9-11,13-15H2,1H3. The van der Waals surface area contributed by atoms with Gasteiger partial charge in [-0.1, -0.05) is 12.1 Å². The van der Waals surface area contributed by atoms with Crippen LogP contribution < -0.4 is 0 Å². The molecule has 0 unspecified atom stereocenters. The molecule has 1 aromatic carbocycles. The molecule has 3 amide bonds. The Morgan fingerprint density at radius 3 is 2.26 bits per heavy atom. The van der Waals surface area contributed by atoms with Crippen LogP contribution in [0.2, 0.25) is 0 Å². The van der Waals surface area contributed by atoms with Crippen molar-refractivity contribution in [3.63, 3.8) is 0 Å². The third-order valence-electron chi connectivity index (χ3n) is 6.03. The lowest BCUT2D eigenvalue weighted by Gasteiger charge is -2.33. The van der Waals surface area contributed by atoms with Gasteiger partial charge in [0.15, 0.2) is 0 Å². The van der Waals surface area contributed by atoms with Crippen molar-refractivity contribution in [2.75, 3.05) is 26.7 Å². The van der Waals surface area contributed by atoms with Crippen LogP contribution in [-0.4, -0.2) is 64.8 Å². The van der Waals surface area contributed by atoms with Gasteiger partial charge >= 0.3 is 5.97 Å². The number of rotatable bonds is 6. The predicted octanol–water partition coefficient (Wildman–Crippen LogP) is 2.51. The molecule has 4 rings (SSSR count). The molecule has 0 radical (unpaired) electrons. The zero-order valence-electron chi connectivity index (χ0n) is 17.5. The van der Waals surface area contributed by atoms with Crippen LogP contribution in [0.25, 0.3) is 0 Å². The molecule has 2 aliphatic rings. The largest absolute Gasteiger partial charge is 0.464 e. The van der Waals surface area contributed by atoms with Crippen LogP contribution in [0.15, 0.2) is 42.6 Å². The van der Waals surface area contributed by atoms with Crippen molar-refractivity contribution in [2.45, 2.75) is 31.7 Å². The average molecular weight is 423 g/mol. The summed E-state index contributed by atoms with van der Waals surface area (Å²) >= 11 is 0. The van der Waals surface area contributed by atoms with E-state index in [1.807, 2.05) is 21.7 Å². The maximum absolute atomic E-state index is 12.6. The number of imide groups is 1. The van der Waals surface area contributed by atoms with Gasteiger partial charge in [-0.2, -0.15) is 0 Å². The number of esters is 1. The maximum Gasteiger partial charge on any atom is 0.354 e. The number of nitrogens with zero attached hydrogens (tertiary/aromatic N) is 3. The van der Waals surface area contributed by atoms with Gasteiger partial charge in [-0.25, -0.2) is 4.79 Å². The van der Waals surface area contributed by atoms with Crippen LogP contribution in [0, 0.1) is 0 Å². The van der Waals surface area contributed by atoms with Gasteiger partial charge in [0.2, 0.25) is 5.91 Å². The van der Waals surface area contributed by atoms with Crippen LogP contribution in [0.4, 0.5) is 0 Å². The molecule has 0 spiro atoms. The Morgan fingerprint density at radius 2 is 1.65 bits per heavy atom. The summed E-state index contributed by atoms with van der Waals surface area (Å²) in [5, 5.41) is 0. The Morgan fingerprint density at radius 1 is 1.00 bits per heavy atom. The van der Waals surface area contributed by atoms with E-state index in [4.69, 9.17) is 4.74 Å². The first-order valence-electron chi connectivity index (χ1n) is 10.5. The highest BCUT2D eigenvalue weighted by atomic mass is 16.5. The highest BCUT2D eigenvalue weighted by molar-refractivity contribution is 6.21. The second-order valence-corrected chi connectivity index (χ2v) is 7.82. The summed E-state index contributed by atoms with van der Waals surface area (Å²) in [5.41, 5.74) is 1.38. The third-order valence-corrected chi connectivity index (χ3v) is 6.03. The fourth-order valence-electron chi connectivity index (χ4n) is 4.37. The molecule has 0 saturated carbocycles. The third kappa shape index (κ3) is 3.97. The van der Waals surface area contributed by atoms with E-state index in [1.54, 1.807) is 30.3 Å². The number of piperidine rings is 1. The van der Waals surface area contributed by atoms with E-state index in [1.165, 1.54) is 12.0 Å². The fourth-order valence-corrected chi connectivity index (χ4v) is 4.37. The molecular formula is C23H25N3O5. The summed E-state index contributed by atoms with van der Waals surface area (Å²) < 4.78 is 6.76. The monoisotopic (exact) mass is 423 g/mol. The highest BCUT2D eigenvalue weighted by Crippen LogP contribution is 2.26. The van der Waals surface area contributed by atoms with Gasteiger partial charge in [0.05, 0.1) is 18.2 Å². The van der Waals surface area contributed by atoms with E-state index in [2.05, 4.69) is 0 Å². The molecule has 31 heavy (non-hydrogen) atoms. The number of ether oxygens (including phenoxy) is 1. The fraction of sp³-hybridized carbons (Fsp3) is 0.391. The lowest BCUT2D eigenvalue weighted by molar-refractivity contribution is -0.132. The topological polar surface area (TPSA) is 88.9 Å². The van der Waals surface area contributed by atoms with Gasteiger partial charge in [-0.15, -0.1) is 0 Å². The normalized spacial score (nSPS) is 16.5. The lowest BCUT2D eigenvalue weighted by Crippen LogP contribution is -2.39. The summed E-state index contributed by atoms with van der Waals surface area (Å²) in [7, 11) is 1.36. The number of hydrogen-bond donors (Lipinski definition) is 0. The number of benzene rings is 1. The van der Waals surface area contributed by atoms with E-state index in [-0.39, 0.29) is 42.7 Å². The molecule has 0 N–H and O–H groups in total. The Kier molecular flexibility index (Phi) is 5.88. The SMILES string of the molecule is COC(=O)c1cccn1C1CCN(C(=O)CCCN2C(=O)c3ccccc3C2=O)CC1. The number of carbonyl (C=O) groups is 4. The van der Waals surface area contributed by atoms with Crippen molar-refractivity contribution in [3.05, 3.63) is 59.4 Å². The Balaban J connectivity index is 1.26. The van der Waals surface area contributed by atoms with Crippen LogP contribution in [-0.2, 0) is 9.53 Å². The Bertz CT molecular complexity index is 985. The smallest absolute Gasteiger partial charge is 0.354 e. The first-order valence-corrected chi connectivity index (χ1v) is 10.5. The number of hydrogen-bond acceptors (Lipinski definition) is 5. The van der Waals surface area contributed by atoms with Crippen molar-refractivity contribution < 1.29 is 23.9 Å². The number of fused-ring (bicyclic) bond motifs is 1. The molecule has 2 aliphatic heterocycles. The second-order valence-electron chi connectivity index (χ2n) is 7.82. The zero-order valence-corrected chi connectivity index (χ0v) is 17.5. The number of likely N-dealkylation sites (tertiary alicyclic amines) is 1. The van der Waals surface area contributed by atoms with Crippen LogP contribution in [0.5, 0.6) is 0 Å². The van der Waals surface area contributed by atoms with Gasteiger partial charge in [-0.3, -0.25) is 19.3 Å². The average Bonchev–Trinajstić information content (AvgIpc) is 3.38. The highest BCUT2D eigenvalue weighted by Gasteiger charge is 2.34. The quantitative estimate of drug-likeness (QED) is 0.526. The van der Waals surface area contributed by atoms with Gasteiger partial charge in [0.1, 0.15) is 5.69 Å². The minimum atomic E-state index is -0.364. The molecule has 162 valence electrons. The van der Waals surface area contributed by atoms with Crippen molar-refractivity contribution in [1.29, 1.82) is 0 Å². The summed E-state index contributed by atoms with van der Waals surface area (Å²) in [5.74, 6) is -0.920. The van der Waals surface area contributed by atoms with Crippen LogP contribution in [0.3, 0.4) is 0 Å². The first kappa shape index (κ1) is 20.8. The van der Waals surface area contributed by atoms with Gasteiger partial charge in [0.25, 0.3) is 11.8 Å². The number of amides is 3. The second kappa shape index (κ2) is 8.75. The van der Waals surface area contributed by atoms with Gasteiger partial charge in [-0.05, 0) is 43.5 Å². The molecule has 1 saturated heterocycles. The van der Waals surface area contributed by atoms with E-state index < -0.39 is 0 Å². The zero-order chi connectivity index (χ0) is 22.0. The van der Waals surface area contributed by atoms with Crippen molar-refractivity contribution in [2.24, 2.45) is 0 Å². The number of aromatic nitrogens is 1. The molecular weight excluding hydrogens is 398 g/mol. The summed E-state index contributed by atoms with van der Waals surface area (Å²) in [6.45, 7) is 1.45. The minimum Gasteiger partial charge on any atom is -0.464 e. The maximum atomic E-state index is 12.6. The molecule has 8 heteroatoms. The van der Waals surface area contributed by atoms with Crippen molar-refractivity contribution >= 4 is 23.7 Å². The molecule has 3 heterocycles. The molecule has 1 fully saturated rings. The Labute approximate surface area is 180 Å². The summed E-state index contributed by atoms with van der Waals surface area (Å²) in [4.78, 5) is 52.4. The van der Waals surface area contributed by atoms with E-state index in [9.17, 15) is 19.2 Å². The van der Waals surface area contributed by atoms with Gasteiger partial charge < -0.3 is 14.2 Å². The van der Waals surface area contributed by atoms with Crippen molar-refractivity contribution in [3.8, 4) is 0 Å². The summed E-state index contributed by atoms with van der Waals surface area (Å²) in [6.07, 6.45) is 4.10.